The summed E-state index contributed by atoms with van der Waals surface area (Å²) in [6, 6.07) is 11.9. The number of rotatable bonds is 15. The maximum Gasteiger partial charge on any atom is 0.338 e. The van der Waals surface area contributed by atoms with E-state index < -0.39 is 53.4 Å². The lowest BCUT2D eigenvalue weighted by molar-refractivity contribution is 0.0322. The van der Waals surface area contributed by atoms with E-state index >= 15 is 0 Å². The van der Waals surface area contributed by atoms with Crippen molar-refractivity contribution in [3.8, 4) is 0 Å². The van der Waals surface area contributed by atoms with Crippen LogP contribution < -0.4 is 16.0 Å². The number of carbonyl (C=O) groups excluding carboxylic acids is 9. The van der Waals surface area contributed by atoms with Gasteiger partial charge in [-0.15, -0.1) is 0 Å². The van der Waals surface area contributed by atoms with Crippen LogP contribution in [-0.4, -0.2) is 164 Å². The predicted molar refractivity (Wildman–Crippen MR) is 291 cm³/mol. The maximum atomic E-state index is 13.9. The Hall–Kier alpha value is -6.67. The molecular weight excluding hydrogens is 1010 g/mol. The molecule has 3 saturated heterocycles. The first-order valence-electron chi connectivity index (χ1n) is 27.4. The smallest absolute Gasteiger partial charge is 0.338 e. The molecule has 0 aromatic heterocycles. The first-order valence-corrected chi connectivity index (χ1v) is 27.4. The molecule has 6 aliphatic heterocycles. The highest BCUT2D eigenvalue weighted by molar-refractivity contribution is 6.24. The average Bonchev–Trinajstić information content (AvgIpc) is 3.84. The number of hydrogen-bond acceptors (Lipinski definition) is 16. The fraction of sp³-hybridized carbons (Fsp3) is 0.550. The van der Waals surface area contributed by atoms with Crippen LogP contribution in [0.25, 0.3) is 0 Å². The summed E-state index contributed by atoms with van der Waals surface area (Å²) < 4.78 is 17.1. The van der Waals surface area contributed by atoms with Crippen LogP contribution in [0.1, 0.15) is 215 Å². The quantitative estimate of drug-likeness (QED) is 0.0830. The molecule has 0 atom stereocenters. The van der Waals surface area contributed by atoms with Crippen LogP contribution in [0.15, 0.2) is 54.6 Å². The molecule has 422 valence electrons. The molecule has 0 radical (unpaired) electrons. The summed E-state index contributed by atoms with van der Waals surface area (Å²) in [6.07, 6.45) is 3.36. The molecular formula is C60H75N7O12. The lowest BCUT2D eigenvalue weighted by Crippen LogP contribution is -2.62. The summed E-state index contributed by atoms with van der Waals surface area (Å²) >= 11 is 0. The van der Waals surface area contributed by atoms with Gasteiger partial charge in [0, 0.05) is 71.0 Å². The number of benzene rings is 3. The van der Waals surface area contributed by atoms with Gasteiger partial charge in [-0.3, -0.25) is 48.4 Å². The van der Waals surface area contributed by atoms with Crippen LogP contribution in [0.3, 0.4) is 0 Å². The lowest BCUT2D eigenvalue weighted by atomic mass is 9.79. The van der Waals surface area contributed by atoms with E-state index in [-0.39, 0.29) is 141 Å². The normalized spacial score (nSPS) is 22.1. The highest BCUT2D eigenvalue weighted by atomic mass is 16.5. The number of ether oxygens (including phenoxy) is 3. The van der Waals surface area contributed by atoms with Crippen molar-refractivity contribution in [3.05, 3.63) is 105 Å². The zero-order chi connectivity index (χ0) is 57.5. The Labute approximate surface area is 461 Å². The second kappa shape index (κ2) is 20.5. The van der Waals surface area contributed by atoms with E-state index in [0.717, 1.165) is 0 Å². The summed E-state index contributed by atoms with van der Waals surface area (Å²) in [5, 5.41) is 10.7. The number of carbonyl (C=O) groups is 9. The van der Waals surface area contributed by atoms with Crippen LogP contribution >= 0.6 is 0 Å². The number of hydrogen-bond donors (Lipinski definition) is 3. The minimum absolute atomic E-state index is 0.0729. The minimum Gasteiger partial charge on any atom is -0.461 e. The zero-order valence-electron chi connectivity index (χ0n) is 47.6. The predicted octanol–water partition coefficient (Wildman–Crippen LogP) is 6.58. The van der Waals surface area contributed by atoms with Gasteiger partial charge in [0.25, 0.3) is 35.4 Å². The van der Waals surface area contributed by atoms with Gasteiger partial charge in [0.2, 0.25) is 0 Å². The van der Waals surface area contributed by atoms with Gasteiger partial charge < -0.3 is 30.2 Å². The minimum atomic E-state index is -0.741. The van der Waals surface area contributed by atoms with Crippen molar-refractivity contribution in [1.29, 1.82) is 0 Å². The molecule has 19 heteroatoms. The Bertz CT molecular complexity index is 2710. The average molecular weight is 1090 g/mol. The van der Waals surface area contributed by atoms with Gasteiger partial charge in [0.15, 0.2) is 0 Å². The van der Waals surface area contributed by atoms with Gasteiger partial charge in [-0.25, -0.2) is 14.4 Å². The number of fused-ring (bicyclic) bond motifs is 3. The molecule has 19 nitrogen and oxygen atoms in total. The highest BCUT2D eigenvalue weighted by Crippen LogP contribution is 2.40. The Kier molecular flexibility index (Phi) is 14.8. The van der Waals surface area contributed by atoms with E-state index in [1.165, 1.54) is 69.3 Å². The largest absolute Gasteiger partial charge is 0.461 e. The van der Waals surface area contributed by atoms with Crippen LogP contribution in [0, 0.1) is 0 Å². The fourth-order valence-corrected chi connectivity index (χ4v) is 13.9. The fourth-order valence-electron chi connectivity index (χ4n) is 13.9. The van der Waals surface area contributed by atoms with Crippen LogP contribution in [-0.2, 0) is 14.2 Å². The lowest BCUT2D eigenvalue weighted by Gasteiger charge is -2.48. The summed E-state index contributed by atoms with van der Waals surface area (Å²) in [5.74, 6) is -4.85. The molecule has 0 spiro atoms. The molecule has 3 aromatic rings. The first kappa shape index (κ1) is 57.0. The van der Waals surface area contributed by atoms with E-state index in [2.05, 4.69) is 16.0 Å². The van der Waals surface area contributed by atoms with Crippen LogP contribution in [0.4, 0.5) is 0 Å². The molecule has 6 amide bonds. The third kappa shape index (κ3) is 11.8. The molecule has 9 rings (SSSR count). The summed E-state index contributed by atoms with van der Waals surface area (Å²) in [7, 11) is 0. The monoisotopic (exact) mass is 1090 g/mol. The van der Waals surface area contributed by atoms with Crippen LogP contribution in [0.2, 0.25) is 0 Å². The molecule has 79 heavy (non-hydrogen) atoms. The molecule has 3 fully saturated rings. The van der Waals surface area contributed by atoms with Gasteiger partial charge in [0.05, 0.1) is 50.1 Å². The van der Waals surface area contributed by atoms with Crippen molar-refractivity contribution in [3.63, 3.8) is 0 Å². The van der Waals surface area contributed by atoms with Crippen molar-refractivity contribution in [2.75, 3.05) is 39.5 Å². The Morgan fingerprint density at radius 1 is 0.392 bits per heavy atom. The third-order valence-corrected chi connectivity index (χ3v) is 16.0. The van der Waals surface area contributed by atoms with Gasteiger partial charge >= 0.3 is 17.9 Å². The maximum absolute atomic E-state index is 13.9. The van der Waals surface area contributed by atoms with E-state index in [1.54, 1.807) is 4.90 Å². The number of nitrogens with zero attached hydrogens (tertiary/aromatic N) is 4. The standard InChI is InChI=1S/C60H75N7O12/c1-55(2)28-37(29-56(3,4)61-55)65-46(68)40-16-13-34(25-43(40)49(65)71)52(74)77-22-19-64(20-23-78-53(75)35-14-17-41-44(26-35)50(72)66(47(41)69)38-30-57(5,6)62-58(7,8)31-38)21-24-79-54(76)36-15-18-42-45(27-36)51(73)67(48(42)70)39-32-59(9,10)63-60(11,12)33-39/h13-18,25-27,37-39,61-63H,19-24,28-33H2,1-12H3. The Morgan fingerprint density at radius 2 is 0.608 bits per heavy atom. The molecule has 6 aliphatic rings. The van der Waals surface area contributed by atoms with Crippen molar-refractivity contribution in [1.82, 2.24) is 35.6 Å². The second-order valence-electron chi connectivity index (χ2n) is 26.3. The second-order valence-corrected chi connectivity index (χ2v) is 26.3. The number of piperidine rings is 3. The molecule has 0 saturated carbocycles. The number of esters is 3. The highest BCUT2D eigenvalue weighted by Gasteiger charge is 2.50. The third-order valence-electron chi connectivity index (χ3n) is 16.0. The number of imide groups is 3. The van der Waals surface area contributed by atoms with Gasteiger partial charge in [-0.2, -0.15) is 0 Å². The number of amides is 6. The van der Waals surface area contributed by atoms with Gasteiger partial charge in [-0.1, -0.05) is 0 Å². The zero-order valence-corrected chi connectivity index (χ0v) is 47.6. The summed E-state index contributed by atoms with van der Waals surface area (Å²) in [6.45, 7) is 24.1. The van der Waals surface area contributed by atoms with Gasteiger partial charge in [-0.05, 0) is 176 Å². The van der Waals surface area contributed by atoms with Crippen LogP contribution in [0.5, 0.6) is 0 Å². The van der Waals surface area contributed by atoms with Crippen molar-refractivity contribution < 1.29 is 57.4 Å². The van der Waals surface area contributed by atoms with E-state index in [0.29, 0.717) is 38.5 Å². The summed E-state index contributed by atoms with van der Waals surface area (Å²) in [4.78, 5) is 129. The molecule has 6 heterocycles. The molecule has 0 aliphatic carbocycles. The SMILES string of the molecule is CC1(C)CC(N2C(=O)c3ccc(C(=O)OCCN(CCOC(=O)c4ccc5c(c4)C(=O)N(C4CC(C)(C)NC(C)(C)C4)C5=O)CCOC(=O)c4ccc5c(c4)C(=O)N(C4CC(C)(C)NC(C)(C)C4)C5=O)cc3C2=O)CC(C)(C)N1. The summed E-state index contributed by atoms with van der Waals surface area (Å²) in [5.41, 5.74) is -0.751. The van der Waals surface area contributed by atoms with E-state index in [4.69, 9.17) is 14.2 Å². The molecule has 3 N–H and O–H groups in total. The molecule has 0 unspecified atom stereocenters. The first-order chi connectivity index (χ1) is 36.7. The molecule has 0 bridgehead atoms. The van der Waals surface area contributed by atoms with E-state index in [9.17, 15) is 43.2 Å². The molecule has 3 aromatic carbocycles. The van der Waals surface area contributed by atoms with Crippen molar-refractivity contribution >= 4 is 53.4 Å². The topological polar surface area (TPSA) is 230 Å². The Morgan fingerprint density at radius 3 is 0.835 bits per heavy atom. The van der Waals surface area contributed by atoms with Crippen molar-refractivity contribution in [2.45, 2.75) is 173 Å². The van der Waals surface area contributed by atoms with Gasteiger partial charge in [0.1, 0.15) is 19.8 Å². The van der Waals surface area contributed by atoms with Crippen molar-refractivity contribution in [2.24, 2.45) is 0 Å². The number of nitrogens with one attached hydrogen (secondary N) is 3. The Balaban J connectivity index is 0.851. The van der Waals surface area contributed by atoms with E-state index in [1.807, 2.05) is 83.1 Å².